The first-order chi connectivity index (χ1) is 20.8. The van der Waals surface area contributed by atoms with Gasteiger partial charge in [-0.05, 0) is 43.4 Å². The molecule has 11 nitrogen and oxygen atoms in total. The number of methoxy groups -OCH3 is 2. The second-order valence-corrected chi connectivity index (χ2v) is 12.3. The van der Waals surface area contributed by atoms with Gasteiger partial charge >= 0.3 is 0 Å². The van der Waals surface area contributed by atoms with E-state index < -0.39 is 5.38 Å². The third kappa shape index (κ3) is 5.42. The first-order valence-corrected chi connectivity index (χ1v) is 15.3. The number of halogens is 2. The van der Waals surface area contributed by atoms with Crippen LogP contribution < -0.4 is 16.0 Å². The number of piperidine rings is 1. The second kappa shape index (κ2) is 11.9. The number of aromatic nitrogens is 3. The van der Waals surface area contributed by atoms with Gasteiger partial charge in [-0.2, -0.15) is 9.51 Å². The number of allylic oxidation sites excluding steroid dienone is 3. The average Bonchev–Trinajstić information content (AvgIpc) is 3.44. The van der Waals surface area contributed by atoms with Crippen molar-refractivity contribution >= 4 is 46.3 Å². The molecule has 1 unspecified atom stereocenters. The van der Waals surface area contributed by atoms with Crippen LogP contribution in [0.1, 0.15) is 30.7 Å². The van der Waals surface area contributed by atoms with E-state index in [4.69, 9.17) is 47.8 Å². The van der Waals surface area contributed by atoms with Gasteiger partial charge < -0.3 is 24.6 Å². The lowest BCUT2D eigenvalue weighted by Gasteiger charge is -2.54. The van der Waals surface area contributed by atoms with Crippen molar-refractivity contribution in [1.29, 1.82) is 0 Å². The van der Waals surface area contributed by atoms with Gasteiger partial charge in [-0.25, -0.2) is 4.98 Å². The molecule has 1 N–H and O–H groups in total. The molecule has 228 valence electrons. The number of nitrogens with zero attached hydrogens (tertiary/aromatic N) is 7. The van der Waals surface area contributed by atoms with Gasteiger partial charge in [-0.3, -0.25) is 9.79 Å². The Morgan fingerprint density at radius 2 is 2.05 bits per heavy atom. The van der Waals surface area contributed by atoms with E-state index in [1.54, 1.807) is 31.9 Å². The molecule has 1 spiro atoms. The van der Waals surface area contributed by atoms with E-state index in [0.717, 1.165) is 68.6 Å². The number of carbonyl (C=O) groups is 1. The van der Waals surface area contributed by atoms with Gasteiger partial charge in [0.15, 0.2) is 17.0 Å². The quantitative estimate of drug-likeness (QED) is 0.369. The Hall–Kier alpha value is -3.41. The summed E-state index contributed by atoms with van der Waals surface area (Å²) in [6.45, 7) is 8.88. The molecule has 2 aromatic heterocycles. The highest BCUT2D eigenvalue weighted by atomic mass is 35.5. The van der Waals surface area contributed by atoms with Crippen molar-refractivity contribution in [3.05, 3.63) is 63.4 Å². The maximum Gasteiger partial charge on any atom is 0.245 e. The fourth-order valence-corrected chi connectivity index (χ4v) is 7.28. The van der Waals surface area contributed by atoms with Crippen LogP contribution in [0.3, 0.4) is 0 Å². The molecule has 1 atom stereocenters. The molecule has 6 rings (SSSR count). The van der Waals surface area contributed by atoms with Crippen molar-refractivity contribution in [2.45, 2.75) is 37.6 Å². The molecule has 0 bridgehead atoms. The lowest BCUT2D eigenvalue weighted by atomic mass is 9.72. The number of aliphatic imine (C=N–C) groups is 1. The van der Waals surface area contributed by atoms with E-state index in [0.29, 0.717) is 57.6 Å². The van der Waals surface area contributed by atoms with E-state index in [2.05, 4.69) is 21.8 Å². The van der Waals surface area contributed by atoms with E-state index in [9.17, 15) is 4.79 Å². The third-order valence-corrected chi connectivity index (χ3v) is 9.66. The van der Waals surface area contributed by atoms with Crippen LogP contribution in [-0.4, -0.2) is 95.6 Å². The summed E-state index contributed by atoms with van der Waals surface area (Å²) in [5.41, 5.74) is 3.20. The number of alkyl halides is 1. The zero-order valence-corrected chi connectivity index (χ0v) is 26.2. The molecule has 4 aliphatic rings. The Morgan fingerprint density at radius 3 is 2.72 bits per heavy atom. The summed E-state index contributed by atoms with van der Waals surface area (Å²) < 4.78 is 12.9. The maximum atomic E-state index is 11.9. The lowest BCUT2D eigenvalue weighted by Crippen LogP contribution is -2.60. The number of aryl methyl sites for hydroxylation is 1. The minimum absolute atomic E-state index is 0.0363. The number of pyridine rings is 1. The number of fused-ring (bicyclic) bond motifs is 3. The number of carbonyl (C=O) groups excluding carboxylic acids is 1. The fraction of sp³-hybridized carbons (Fsp3) is 0.500. The summed E-state index contributed by atoms with van der Waals surface area (Å²) in [5.74, 6) is 2.29. The minimum Gasteiger partial charge on any atom is -0.499 e. The fourth-order valence-electron chi connectivity index (χ4n) is 6.50. The lowest BCUT2D eigenvalue weighted by molar-refractivity contribution is -0.131. The van der Waals surface area contributed by atoms with Gasteiger partial charge in [0.05, 0.1) is 19.3 Å². The van der Waals surface area contributed by atoms with Crippen molar-refractivity contribution in [1.82, 2.24) is 29.7 Å². The minimum atomic E-state index is -0.639. The zero-order valence-electron chi connectivity index (χ0n) is 24.7. The monoisotopic (exact) mass is 626 g/mol. The number of rotatable bonds is 7. The van der Waals surface area contributed by atoms with Gasteiger partial charge in [0.25, 0.3) is 0 Å². The van der Waals surface area contributed by atoms with Crippen LogP contribution in [-0.2, 0) is 27.2 Å². The standard InChI is InChI=1S/C30H36Cl2N8O3/c1-5-23(41)39-11-8-30(9-12-39)16-38(17-30)10-6-7-22-35-28-19(24-25(31)20(42-3)14-21(43-4)26(24)32)13-18-15-34-29(33-2)36-27(18)40(28)37-22/h5,13-14,25H,1,6-12,15-17H2,2-4H3,(H,33,34). The normalized spacial score (nSPS) is 23.8. The van der Waals surface area contributed by atoms with Crippen molar-refractivity contribution < 1.29 is 14.3 Å². The van der Waals surface area contributed by atoms with Crippen LogP contribution in [0.25, 0.3) is 11.2 Å². The van der Waals surface area contributed by atoms with Crippen molar-refractivity contribution in [3.63, 3.8) is 0 Å². The van der Waals surface area contributed by atoms with Crippen LogP contribution in [0.2, 0.25) is 0 Å². The Labute approximate surface area is 260 Å². The molecule has 1 aliphatic carbocycles. The summed E-state index contributed by atoms with van der Waals surface area (Å²) >= 11 is 13.8. The summed E-state index contributed by atoms with van der Waals surface area (Å²) in [4.78, 5) is 30.3. The molecule has 0 saturated carbocycles. The molecular formula is C30H36Cl2N8O3. The molecular weight excluding hydrogens is 591 g/mol. The first kappa shape index (κ1) is 29.7. The number of nitrogens with one attached hydrogen (secondary N) is 1. The SMILES string of the molecule is C=CC(=O)N1CCC2(CC1)CN(CCCc1nc3c(=C4C(Cl)=C(OC)C=C(OC)C4Cl)cc4c(n3n1)=NC(=NC)NC4)C2. The molecule has 13 heteroatoms. The highest BCUT2D eigenvalue weighted by molar-refractivity contribution is 6.41. The summed E-state index contributed by atoms with van der Waals surface area (Å²) in [6.07, 6.45) is 6.86. The molecule has 0 radical (unpaired) electrons. The van der Waals surface area contributed by atoms with Crippen LogP contribution in [0.15, 0.2) is 51.3 Å². The van der Waals surface area contributed by atoms with Gasteiger partial charge in [0, 0.05) is 68.6 Å². The van der Waals surface area contributed by atoms with Crippen LogP contribution in [0.4, 0.5) is 0 Å². The number of amides is 1. The third-order valence-electron chi connectivity index (χ3n) is 8.84. The van der Waals surface area contributed by atoms with Crippen LogP contribution >= 0.6 is 23.2 Å². The highest BCUT2D eigenvalue weighted by Gasteiger charge is 2.44. The topological polar surface area (TPSA) is 109 Å². The Kier molecular flexibility index (Phi) is 8.23. The van der Waals surface area contributed by atoms with Gasteiger partial charge in [-0.1, -0.05) is 18.2 Å². The summed E-state index contributed by atoms with van der Waals surface area (Å²) in [6, 6.07) is 2.01. The number of hydrogen-bond acceptors (Lipinski definition) is 7. The summed E-state index contributed by atoms with van der Waals surface area (Å²) in [7, 11) is 4.83. The number of ether oxygens (including phenoxy) is 2. The molecule has 0 aromatic carbocycles. The van der Waals surface area contributed by atoms with E-state index in [1.807, 2.05) is 11.0 Å². The Bertz CT molecular complexity index is 1680. The van der Waals surface area contributed by atoms with E-state index >= 15 is 0 Å². The van der Waals surface area contributed by atoms with Gasteiger partial charge in [0.2, 0.25) is 11.9 Å². The highest BCUT2D eigenvalue weighted by Crippen LogP contribution is 2.40. The van der Waals surface area contributed by atoms with Gasteiger partial charge in [0.1, 0.15) is 16.9 Å². The van der Waals surface area contributed by atoms with E-state index in [-0.39, 0.29) is 5.91 Å². The molecule has 2 aromatic rings. The molecule has 3 aliphatic heterocycles. The van der Waals surface area contributed by atoms with Crippen molar-refractivity contribution in [3.8, 4) is 0 Å². The number of likely N-dealkylation sites (tertiary alicyclic amines) is 2. The summed E-state index contributed by atoms with van der Waals surface area (Å²) in [5, 5.41) is 8.65. The molecule has 2 fully saturated rings. The maximum absolute atomic E-state index is 11.9. The Balaban J connectivity index is 1.26. The number of hydrogen-bond donors (Lipinski definition) is 1. The molecule has 1 amide bonds. The van der Waals surface area contributed by atoms with Crippen LogP contribution in [0.5, 0.6) is 0 Å². The molecule has 2 saturated heterocycles. The second-order valence-electron chi connectivity index (χ2n) is 11.4. The molecule has 43 heavy (non-hydrogen) atoms. The van der Waals surface area contributed by atoms with Gasteiger partial charge in [-0.15, -0.1) is 16.7 Å². The zero-order chi connectivity index (χ0) is 30.3. The van der Waals surface area contributed by atoms with E-state index in [1.165, 1.54) is 6.08 Å². The predicted molar refractivity (Wildman–Crippen MR) is 165 cm³/mol. The number of guanidine groups is 1. The van der Waals surface area contributed by atoms with Crippen molar-refractivity contribution in [2.75, 3.05) is 54.0 Å². The van der Waals surface area contributed by atoms with Crippen molar-refractivity contribution in [2.24, 2.45) is 15.4 Å². The van der Waals surface area contributed by atoms with Crippen LogP contribution in [0, 0.1) is 5.41 Å². The smallest absolute Gasteiger partial charge is 0.245 e. The first-order valence-electron chi connectivity index (χ1n) is 14.5. The largest absolute Gasteiger partial charge is 0.499 e. The Morgan fingerprint density at radius 1 is 1.28 bits per heavy atom. The molecule has 5 heterocycles. The average molecular weight is 628 g/mol. The predicted octanol–water partition coefficient (Wildman–Crippen LogP) is 1.88.